The van der Waals surface area contributed by atoms with E-state index < -0.39 is 17.5 Å². The molecule has 0 bridgehead atoms. The lowest BCUT2D eigenvalue weighted by Gasteiger charge is -2.10. The van der Waals surface area contributed by atoms with Gasteiger partial charge < -0.3 is 14.5 Å². The van der Waals surface area contributed by atoms with E-state index in [9.17, 15) is 13.6 Å². The molecule has 156 valence electrons. The Morgan fingerprint density at radius 3 is 2.58 bits per heavy atom. The highest BCUT2D eigenvalue weighted by Gasteiger charge is 2.15. The van der Waals surface area contributed by atoms with Gasteiger partial charge in [-0.2, -0.15) is 0 Å². The number of hydrogen-bond donors (Lipinski definition) is 1. The van der Waals surface area contributed by atoms with Gasteiger partial charge in [-0.1, -0.05) is 30.3 Å². The van der Waals surface area contributed by atoms with E-state index in [4.69, 9.17) is 9.15 Å². The molecule has 6 heteroatoms. The van der Waals surface area contributed by atoms with Crippen molar-refractivity contribution in [1.29, 1.82) is 0 Å². The number of furan rings is 1. The van der Waals surface area contributed by atoms with Crippen LogP contribution in [0, 0.1) is 11.6 Å². The first kappa shape index (κ1) is 20.3. The zero-order chi connectivity index (χ0) is 22.0. The molecule has 1 heterocycles. The van der Waals surface area contributed by atoms with E-state index in [2.05, 4.69) is 5.32 Å². The van der Waals surface area contributed by atoms with E-state index in [0.29, 0.717) is 22.5 Å². The van der Waals surface area contributed by atoms with Gasteiger partial charge >= 0.3 is 0 Å². The molecule has 0 saturated heterocycles. The van der Waals surface area contributed by atoms with Gasteiger partial charge in [0, 0.05) is 34.7 Å². The third kappa shape index (κ3) is 4.19. The zero-order valence-corrected chi connectivity index (χ0v) is 16.9. The van der Waals surface area contributed by atoms with Crippen molar-refractivity contribution in [1.82, 2.24) is 0 Å². The van der Waals surface area contributed by atoms with Crippen LogP contribution in [-0.4, -0.2) is 13.0 Å². The molecule has 0 aliphatic carbocycles. The van der Waals surface area contributed by atoms with Crippen LogP contribution < -0.4 is 10.1 Å². The standard InChI is InChI=1S/C25H19F2NO3/c1-15(10-25(29)28-22-11-17(26)8-9-21(22)27)18-12-19-20(16-6-4-3-5-7-16)14-31-24(19)13-23(18)30-2/h3-14H,1-2H3,(H,28,29)/b15-10+. The molecule has 0 saturated carbocycles. The smallest absolute Gasteiger partial charge is 0.248 e. The summed E-state index contributed by atoms with van der Waals surface area (Å²) < 4.78 is 38.4. The molecule has 1 N–H and O–H groups in total. The lowest BCUT2D eigenvalue weighted by atomic mass is 9.99. The van der Waals surface area contributed by atoms with Crippen LogP contribution in [0.25, 0.3) is 27.7 Å². The second-order valence-electron chi connectivity index (χ2n) is 7.00. The van der Waals surface area contributed by atoms with Gasteiger partial charge in [0.15, 0.2) is 0 Å². The van der Waals surface area contributed by atoms with Crippen LogP contribution in [0.3, 0.4) is 0 Å². The number of fused-ring (bicyclic) bond motifs is 1. The van der Waals surface area contributed by atoms with Gasteiger partial charge in [-0.05, 0) is 36.3 Å². The molecule has 4 aromatic rings. The number of carbonyl (C=O) groups excluding carboxylic acids is 1. The molecule has 0 aliphatic heterocycles. The Kier molecular flexibility index (Phi) is 5.54. The Hall–Kier alpha value is -3.93. The molecular weight excluding hydrogens is 400 g/mol. The summed E-state index contributed by atoms with van der Waals surface area (Å²) in [5, 5.41) is 3.24. The van der Waals surface area contributed by atoms with E-state index in [1.165, 1.54) is 13.2 Å². The fraction of sp³-hybridized carbons (Fsp3) is 0.0800. The van der Waals surface area contributed by atoms with Gasteiger partial charge in [-0.3, -0.25) is 4.79 Å². The summed E-state index contributed by atoms with van der Waals surface area (Å²) >= 11 is 0. The van der Waals surface area contributed by atoms with Crippen molar-refractivity contribution in [3.63, 3.8) is 0 Å². The summed E-state index contributed by atoms with van der Waals surface area (Å²) in [6.45, 7) is 1.74. The number of benzene rings is 3. The zero-order valence-electron chi connectivity index (χ0n) is 16.9. The predicted octanol–water partition coefficient (Wildman–Crippen LogP) is 6.43. The minimum Gasteiger partial charge on any atom is -0.496 e. The minimum atomic E-state index is -0.717. The van der Waals surface area contributed by atoms with Crippen molar-refractivity contribution in [2.24, 2.45) is 0 Å². The van der Waals surface area contributed by atoms with Crippen molar-refractivity contribution in [3.05, 3.63) is 90.2 Å². The highest BCUT2D eigenvalue weighted by Crippen LogP contribution is 2.37. The Labute approximate surface area is 177 Å². The lowest BCUT2D eigenvalue weighted by Crippen LogP contribution is -2.10. The second kappa shape index (κ2) is 8.44. The molecule has 4 nitrogen and oxygen atoms in total. The lowest BCUT2D eigenvalue weighted by molar-refractivity contribution is -0.111. The Morgan fingerprint density at radius 2 is 1.84 bits per heavy atom. The van der Waals surface area contributed by atoms with Crippen LogP contribution in [0.15, 0.2) is 77.4 Å². The average molecular weight is 419 g/mol. The van der Waals surface area contributed by atoms with Crippen LogP contribution in [0.4, 0.5) is 14.5 Å². The second-order valence-corrected chi connectivity index (χ2v) is 7.00. The van der Waals surface area contributed by atoms with Crippen LogP contribution in [0.2, 0.25) is 0 Å². The minimum absolute atomic E-state index is 0.224. The maximum Gasteiger partial charge on any atom is 0.248 e. The Morgan fingerprint density at radius 1 is 1.06 bits per heavy atom. The molecule has 0 aliphatic rings. The SMILES string of the molecule is COc1cc2occ(-c3ccccc3)c2cc1/C(C)=C/C(=O)Nc1cc(F)ccc1F. The third-order valence-electron chi connectivity index (χ3n) is 4.94. The first-order valence-corrected chi connectivity index (χ1v) is 9.55. The topological polar surface area (TPSA) is 51.5 Å². The van der Waals surface area contributed by atoms with Crippen molar-refractivity contribution in [3.8, 4) is 16.9 Å². The number of ether oxygens (including phenoxy) is 1. The highest BCUT2D eigenvalue weighted by molar-refractivity contribution is 6.05. The maximum absolute atomic E-state index is 13.8. The average Bonchev–Trinajstić information content (AvgIpc) is 3.18. The Balaban J connectivity index is 1.71. The molecule has 0 atom stereocenters. The largest absolute Gasteiger partial charge is 0.496 e. The number of hydrogen-bond acceptors (Lipinski definition) is 3. The molecule has 0 radical (unpaired) electrons. The first-order valence-electron chi connectivity index (χ1n) is 9.55. The molecular formula is C25H19F2NO3. The number of anilines is 1. The summed E-state index contributed by atoms with van der Waals surface area (Å²) in [5.41, 5.74) is 3.62. The summed E-state index contributed by atoms with van der Waals surface area (Å²) in [4.78, 5) is 12.4. The van der Waals surface area contributed by atoms with Gasteiger partial charge in [-0.15, -0.1) is 0 Å². The van der Waals surface area contributed by atoms with Crippen LogP contribution in [-0.2, 0) is 4.79 Å². The number of amides is 1. The molecule has 3 aromatic carbocycles. The number of nitrogens with one attached hydrogen (secondary N) is 1. The maximum atomic E-state index is 13.8. The molecule has 0 unspecified atom stereocenters. The van der Waals surface area contributed by atoms with E-state index in [-0.39, 0.29) is 5.69 Å². The normalized spacial score (nSPS) is 11.5. The number of halogens is 2. The van der Waals surface area contributed by atoms with E-state index >= 15 is 0 Å². The third-order valence-corrected chi connectivity index (χ3v) is 4.94. The summed E-state index contributed by atoms with van der Waals surface area (Å²) in [5.74, 6) is -1.41. The molecule has 0 fully saturated rings. The highest BCUT2D eigenvalue weighted by atomic mass is 19.1. The Bertz CT molecular complexity index is 1290. The van der Waals surface area contributed by atoms with E-state index in [1.54, 1.807) is 19.3 Å². The van der Waals surface area contributed by atoms with E-state index in [1.807, 2.05) is 36.4 Å². The van der Waals surface area contributed by atoms with Crippen molar-refractivity contribution in [2.45, 2.75) is 6.92 Å². The molecule has 1 aromatic heterocycles. The predicted molar refractivity (Wildman–Crippen MR) is 117 cm³/mol. The molecule has 0 spiro atoms. The van der Waals surface area contributed by atoms with Gasteiger partial charge in [-0.25, -0.2) is 8.78 Å². The number of carbonyl (C=O) groups is 1. The number of allylic oxidation sites excluding steroid dienone is 1. The van der Waals surface area contributed by atoms with Gasteiger partial charge in [0.2, 0.25) is 5.91 Å². The number of methoxy groups -OCH3 is 1. The fourth-order valence-electron chi connectivity index (χ4n) is 3.41. The first-order chi connectivity index (χ1) is 15.0. The van der Waals surface area contributed by atoms with Gasteiger partial charge in [0.25, 0.3) is 0 Å². The van der Waals surface area contributed by atoms with Crippen molar-refractivity contribution in [2.75, 3.05) is 12.4 Å². The quantitative estimate of drug-likeness (QED) is 0.379. The summed E-state index contributed by atoms with van der Waals surface area (Å²) in [6, 6.07) is 16.3. The van der Waals surface area contributed by atoms with Gasteiger partial charge in [0.05, 0.1) is 19.1 Å². The molecule has 1 amide bonds. The molecule has 31 heavy (non-hydrogen) atoms. The van der Waals surface area contributed by atoms with Crippen molar-refractivity contribution < 1.29 is 22.7 Å². The van der Waals surface area contributed by atoms with Crippen LogP contribution >= 0.6 is 0 Å². The summed E-state index contributed by atoms with van der Waals surface area (Å²) in [7, 11) is 1.53. The number of rotatable bonds is 5. The summed E-state index contributed by atoms with van der Waals surface area (Å²) in [6.07, 6.45) is 3.00. The van der Waals surface area contributed by atoms with Crippen molar-refractivity contribution >= 4 is 28.1 Å². The van der Waals surface area contributed by atoms with Crippen LogP contribution in [0.1, 0.15) is 12.5 Å². The molecule has 4 rings (SSSR count). The van der Waals surface area contributed by atoms with Gasteiger partial charge in [0.1, 0.15) is 23.0 Å². The fourth-order valence-corrected chi connectivity index (χ4v) is 3.41. The monoisotopic (exact) mass is 419 g/mol. The van der Waals surface area contributed by atoms with E-state index in [0.717, 1.165) is 34.7 Å². The van der Waals surface area contributed by atoms with Crippen LogP contribution in [0.5, 0.6) is 5.75 Å².